The summed E-state index contributed by atoms with van der Waals surface area (Å²) in [7, 11) is 0. The lowest BCUT2D eigenvalue weighted by atomic mass is 10.1. The number of benzene rings is 1. The van der Waals surface area contributed by atoms with Crippen LogP contribution in [-0.2, 0) is 11.3 Å². The molecule has 116 valence electrons. The van der Waals surface area contributed by atoms with Crippen molar-refractivity contribution in [2.24, 2.45) is 0 Å². The highest BCUT2D eigenvalue weighted by Crippen LogP contribution is 2.18. The summed E-state index contributed by atoms with van der Waals surface area (Å²) in [5, 5.41) is 4.12. The lowest BCUT2D eigenvalue weighted by molar-refractivity contribution is 0.0472. The Morgan fingerprint density at radius 3 is 2.61 bits per heavy atom. The molecule has 0 aliphatic heterocycles. The molecule has 0 aliphatic rings. The van der Waals surface area contributed by atoms with Crippen molar-refractivity contribution in [3.8, 4) is 11.5 Å². The first-order valence-electron chi connectivity index (χ1n) is 6.80. The number of hydrogen-bond donors (Lipinski definition) is 0. The van der Waals surface area contributed by atoms with Gasteiger partial charge in [0.25, 0.3) is 5.89 Å². The van der Waals surface area contributed by atoms with E-state index in [0.29, 0.717) is 22.4 Å². The standard InChI is InChI=1S/C16H12ClN3O3/c1-10-19-15(23-20-10)12-3-5-13(6-4-12)16(21)22-9-11-2-7-14(17)18-8-11/h2-8H,9H2,1H3. The summed E-state index contributed by atoms with van der Waals surface area (Å²) in [5.41, 5.74) is 1.94. The Bertz CT molecular complexity index is 813. The van der Waals surface area contributed by atoms with E-state index in [4.69, 9.17) is 20.9 Å². The van der Waals surface area contributed by atoms with Crippen molar-refractivity contribution < 1.29 is 14.1 Å². The van der Waals surface area contributed by atoms with Crippen LogP contribution < -0.4 is 0 Å². The minimum atomic E-state index is -0.423. The zero-order chi connectivity index (χ0) is 16.2. The molecular weight excluding hydrogens is 318 g/mol. The maximum Gasteiger partial charge on any atom is 0.338 e. The third-order valence-corrected chi connectivity index (χ3v) is 3.28. The van der Waals surface area contributed by atoms with Gasteiger partial charge in [-0.3, -0.25) is 0 Å². The summed E-state index contributed by atoms with van der Waals surface area (Å²) in [5.74, 6) is 0.544. The largest absolute Gasteiger partial charge is 0.457 e. The third-order valence-electron chi connectivity index (χ3n) is 3.05. The Hall–Kier alpha value is -2.73. The van der Waals surface area contributed by atoms with E-state index in [1.54, 1.807) is 49.5 Å². The normalized spacial score (nSPS) is 10.5. The molecule has 3 aromatic rings. The average molecular weight is 330 g/mol. The van der Waals surface area contributed by atoms with E-state index in [1.807, 2.05) is 0 Å². The fraction of sp³-hybridized carbons (Fsp3) is 0.125. The van der Waals surface area contributed by atoms with Crippen molar-refractivity contribution >= 4 is 17.6 Å². The van der Waals surface area contributed by atoms with E-state index >= 15 is 0 Å². The third kappa shape index (κ3) is 3.73. The monoisotopic (exact) mass is 329 g/mol. The van der Waals surface area contributed by atoms with Crippen LogP contribution >= 0.6 is 11.6 Å². The van der Waals surface area contributed by atoms with Crippen LogP contribution in [0.25, 0.3) is 11.5 Å². The zero-order valence-electron chi connectivity index (χ0n) is 12.2. The van der Waals surface area contributed by atoms with Gasteiger partial charge >= 0.3 is 5.97 Å². The molecule has 0 fully saturated rings. The predicted molar refractivity (Wildman–Crippen MR) is 82.8 cm³/mol. The Morgan fingerprint density at radius 1 is 1.22 bits per heavy atom. The number of carbonyl (C=O) groups is 1. The Morgan fingerprint density at radius 2 is 2.00 bits per heavy atom. The van der Waals surface area contributed by atoms with Crippen molar-refractivity contribution in [3.05, 3.63) is 64.7 Å². The number of esters is 1. The number of pyridine rings is 1. The molecule has 2 aromatic heterocycles. The highest BCUT2D eigenvalue weighted by Gasteiger charge is 2.10. The van der Waals surface area contributed by atoms with Gasteiger partial charge in [-0.05, 0) is 37.3 Å². The Balaban J connectivity index is 1.64. The summed E-state index contributed by atoms with van der Waals surface area (Å²) in [4.78, 5) is 20.1. The minimum Gasteiger partial charge on any atom is -0.457 e. The fourth-order valence-corrected chi connectivity index (χ4v) is 2.00. The van der Waals surface area contributed by atoms with Crippen molar-refractivity contribution in [3.63, 3.8) is 0 Å². The van der Waals surface area contributed by atoms with Crippen LogP contribution in [0.4, 0.5) is 0 Å². The number of carbonyl (C=O) groups excluding carboxylic acids is 1. The van der Waals surface area contributed by atoms with Crippen LogP contribution in [0, 0.1) is 6.92 Å². The van der Waals surface area contributed by atoms with Crippen molar-refractivity contribution in [1.82, 2.24) is 15.1 Å². The second kappa shape index (κ2) is 6.58. The van der Waals surface area contributed by atoms with Gasteiger partial charge in [0.1, 0.15) is 11.8 Å². The van der Waals surface area contributed by atoms with Crippen molar-refractivity contribution in [2.45, 2.75) is 13.5 Å². The number of ether oxygens (including phenoxy) is 1. The quantitative estimate of drug-likeness (QED) is 0.539. The topological polar surface area (TPSA) is 78.1 Å². The maximum atomic E-state index is 12.0. The van der Waals surface area contributed by atoms with E-state index in [2.05, 4.69) is 15.1 Å². The van der Waals surface area contributed by atoms with Gasteiger partial charge in [0.2, 0.25) is 0 Å². The summed E-state index contributed by atoms with van der Waals surface area (Å²) in [6, 6.07) is 10.2. The highest BCUT2D eigenvalue weighted by molar-refractivity contribution is 6.29. The number of aromatic nitrogens is 3. The number of rotatable bonds is 4. The molecule has 0 spiro atoms. The summed E-state index contributed by atoms with van der Waals surface area (Å²) >= 11 is 5.70. The maximum absolute atomic E-state index is 12.0. The summed E-state index contributed by atoms with van der Waals surface area (Å²) < 4.78 is 10.3. The van der Waals surface area contributed by atoms with Crippen LogP contribution in [0.1, 0.15) is 21.7 Å². The van der Waals surface area contributed by atoms with E-state index in [0.717, 1.165) is 11.1 Å². The van der Waals surface area contributed by atoms with Gasteiger partial charge < -0.3 is 9.26 Å². The van der Waals surface area contributed by atoms with Gasteiger partial charge in [-0.2, -0.15) is 4.98 Å². The molecule has 0 saturated carbocycles. The van der Waals surface area contributed by atoms with Crippen LogP contribution in [0.15, 0.2) is 47.1 Å². The Kier molecular flexibility index (Phi) is 4.34. The van der Waals surface area contributed by atoms with Gasteiger partial charge in [-0.15, -0.1) is 0 Å². The van der Waals surface area contributed by atoms with Gasteiger partial charge in [0.15, 0.2) is 5.82 Å². The first-order valence-corrected chi connectivity index (χ1v) is 7.18. The molecule has 0 radical (unpaired) electrons. The molecule has 0 bridgehead atoms. The van der Waals surface area contributed by atoms with Crippen LogP contribution in [0.2, 0.25) is 5.15 Å². The van der Waals surface area contributed by atoms with Crippen molar-refractivity contribution in [1.29, 1.82) is 0 Å². The average Bonchev–Trinajstić information content (AvgIpc) is 3.01. The fourth-order valence-electron chi connectivity index (χ4n) is 1.89. The molecule has 0 aliphatic carbocycles. The molecule has 0 unspecified atom stereocenters. The minimum absolute atomic E-state index is 0.133. The first kappa shape index (κ1) is 15.2. The van der Waals surface area contributed by atoms with E-state index in [9.17, 15) is 4.79 Å². The number of halogens is 1. The van der Waals surface area contributed by atoms with Crippen LogP contribution in [0.3, 0.4) is 0 Å². The molecule has 3 rings (SSSR count). The predicted octanol–water partition coefficient (Wildman–Crippen LogP) is 3.45. The molecule has 0 N–H and O–H groups in total. The van der Waals surface area contributed by atoms with Crippen LogP contribution in [0.5, 0.6) is 0 Å². The molecule has 0 saturated heterocycles. The summed E-state index contributed by atoms with van der Waals surface area (Å²) in [6.45, 7) is 1.87. The lowest BCUT2D eigenvalue weighted by Crippen LogP contribution is -2.05. The summed E-state index contributed by atoms with van der Waals surface area (Å²) in [6.07, 6.45) is 1.57. The smallest absolute Gasteiger partial charge is 0.338 e. The molecule has 0 amide bonds. The molecule has 2 heterocycles. The zero-order valence-corrected chi connectivity index (χ0v) is 12.9. The first-order chi connectivity index (χ1) is 11.1. The van der Waals surface area contributed by atoms with Gasteiger partial charge in [-0.1, -0.05) is 22.8 Å². The molecule has 7 heteroatoms. The van der Waals surface area contributed by atoms with Gasteiger partial charge in [-0.25, -0.2) is 9.78 Å². The molecule has 6 nitrogen and oxygen atoms in total. The number of aryl methyl sites for hydroxylation is 1. The second-order valence-corrected chi connectivity index (χ2v) is 5.18. The Labute approximate surface area is 137 Å². The number of hydrogen-bond acceptors (Lipinski definition) is 6. The number of nitrogens with zero attached hydrogens (tertiary/aromatic N) is 3. The van der Waals surface area contributed by atoms with Gasteiger partial charge in [0.05, 0.1) is 5.56 Å². The van der Waals surface area contributed by atoms with Crippen LogP contribution in [-0.4, -0.2) is 21.1 Å². The van der Waals surface area contributed by atoms with E-state index < -0.39 is 5.97 Å². The molecule has 0 atom stereocenters. The van der Waals surface area contributed by atoms with Gasteiger partial charge in [0, 0.05) is 17.3 Å². The van der Waals surface area contributed by atoms with E-state index in [-0.39, 0.29) is 6.61 Å². The second-order valence-electron chi connectivity index (χ2n) is 4.79. The molecular formula is C16H12ClN3O3. The van der Waals surface area contributed by atoms with Crippen molar-refractivity contribution in [2.75, 3.05) is 0 Å². The van der Waals surface area contributed by atoms with E-state index in [1.165, 1.54) is 0 Å². The highest BCUT2D eigenvalue weighted by atomic mass is 35.5. The molecule has 23 heavy (non-hydrogen) atoms. The lowest BCUT2D eigenvalue weighted by Gasteiger charge is -2.05. The SMILES string of the molecule is Cc1noc(-c2ccc(C(=O)OCc3ccc(Cl)nc3)cc2)n1. The molecule has 1 aromatic carbocycles.